The summed E-state index contributed by atoms with van der Waals surface area (Å²) < 4.78 is 5.58. The Morgan fingerprint density at radius 1 is 1.00 bits per heavy atom. The molecule has 0 aromatic heterocycles. The van der Waals surface area contributed by atoms with Gasteiger partial charge in [0.1, 0.15) is 12.6 Å². The van der Waals surface area contributed by atoms with Crippen molar-refractivity contribution in [1.29, 1.82) is 0 Å². The number of carboxylic acid groups (broad SMARTS) is 1. The van der Waals surface area contributed by atoms with Crippen molar-refractivity contribution >= 4 is 18.0 Å². The predicted molar refractivity (Wildman–Crippen MR) is 130 cm³/mol. The van der Waals surface area contributed by atoms with Crippen LogP contribution in [0.25, 0.3) is 11.1 Å². The molecule has 3 rings (SSSR count). The minimum Gasteiger partial charge on any atom is -0.481 e. The number of hydrogen-bond donors (Lipinski definition) is 3. The third kappa shape index (κ3) is 6.16. The SMILES string of the molecule is CCCC(CNC(=O)[C@@H](CC(C)C)NC(=O)OCC1c2ccccc2-c2ccccc21)C(=O)O. The van der Waals surface area contributed by atoms with Crippen LogP contribution in [0.1, 0.15) is 57.1 Å². The van der Waals surface area contributed by atoms with Gasteiger partial charge in [-0.2, -0.15) is 0 Å². The van der Waals surface area contributed by atoms with Crippen molar-refractivity contribution in [3.05, 3.63) is 59.7 Å². The molecule has 1 aliphatic carbocycles. The zero-order chi connectivity index (χ0) is 24.7. The third-order valence-electron chi connectivity index (χ3n) is 6.17. The van der Waals surface area contributed by atoms with Crippen LogP contribution < -0.4 is 10.6 Å². The lowest BCUT2D eigenvalue weighted by atomic mass is 9.98. The lowest BCUT2D eigenvalue weighted by Crippen LogP contribution is -2.49. The van der Waals surface area contributed by atoms with Crippen molar-refractivity contribution in [2.24, 2.45) is 11.8 Å². The van der Waals surface area contributed by atoms with Crippen LogP contribution in [0.4, 0.5) is 4.79 Å². The van der Waals surface area contributed by atoms with Gasteiger partial charge in [0.15, 0.2) is 0 Å². The van der Waals surface area contributed by atoms with Gasteiger partial charge in [0.2, 0.25) is 5.91 Å². The number of carboxylic acids is 1. The largest absolute Gasteiger partial charge is 0.481 e. The highest BCUT2D eigenvalue weighted by atomic mass is 16.5. The van der Waals surface area contributed by atoms with E-state index in [2.05, 4.69) is 22.8 Å². The summed E-state index contributed by atoms with van der Waals surface area (Å²) in [5.41, 5.74) is 4.51. The Kier molecular flexibility index (Phi) is 8.68. The van der Waals surface area contributed by atoms with E-state index in [1.54, 1.807) is 0 Å². The van der Waals surface area contributed by atoms with Crippen LogP contribution in [0.2, 0.25) is 0 Å². The summed E-state index contributed by atoms with van der Waals surface area (Å²) in [6, 6.07) is 15.4. The van der Waals surface area contributed by atoms with Crippen LogP contribution in [-0.4, -0.2) is 42.3 Å². The molecule has 2 atom stereocenters. The zero-order valence-corrected chi connectivity index (χ0v) is 20.0. The normalized spacial score (nSPS) is 14.1. The predicted octanol–water partition coefficient (Wildman–Crippen LogP) is 4.56. The monoisotopic (exact) mass is 466 g/mol. The second-order valence-electron chi connectivity index (χ2n) is 9.22. The number of amides is 2. The zero-order valence-electron chi connectivity index (χ0n) is 20.0. The van der Waals surface area contributed by atoms with Gasteiger partial charge in [0.05, 0.1) is 5.92 Å². The highest BCUT2D eigenvalue weighted by Crippen LogP contribution is 2.44. The van der Waals surface area contributed by atoms with Crippen molar-refractivity contribution in [3.8, 4) is 11.1 Å². The second-order valence-corrected chi connectivity index (χ2v) is 9.22. The quantitative estimate of drug-likeness (QED) is 0.450. The maximum Gasteiger partial charge on any atom is 0.407 e. The number of ether oxygens (including phenoxy) is 1. The van der Waals surface area contributed by atoms with Crippen molar-refractivity contribution in [2.45, 2.75) is 52.0 Å². The average Bonchev–Trinajstić information content (AvgIpc) is 3.13. The minimum atomic E-state index is -0.938. The molecule has 0 aliphatic heterocycles. The summed E-state index contributed by atoms with van der Waals surface area (Å²) in [4.78, 5) is 36.8. The molecule has 0 bridgehead atoms. The van der Waals surface area contributed by atoms with E-state index in [1.165, 1.54) is 0 Å². The fourth-order valence-electron chi connectivity index (χ4n) is 4.49. The highest BCUT2D eigenvalue weighted by molar-refractivity contribution is 5.86. The van der Waals surface area contributed by atoms with Gasteiger partial charge < -0.3 is 20.5 Å². The molecule has 2 aromatic carbocycles. The molecule has 1 aliphatic rings. The maximum atomic E-state index is 12.8. The molecule has 0 spiro atoms. The number of fused-ring (bicyclic) bond motifs is 3. The van der Waals surface area contributed by atoms with Crippen molar-refractivity contribution < 1.29 is 24.2 Å². The third-order valence-corrected chi connectivity index (χ3v) is 6.17. The fraction of sp³-hybridized carbons (Fsp3) is 0.444. The first-order valence-corrected chi connectivity index (χ1v) is 11.9. The van der Waals surface area contributed by atoms with Crippen LogP contribution in [0.5, 0.6) is 0 Å². The molecular weight excluding hydrogens is 432 g/mol. The molecule has 0 heterocycles. The Balaban J connectivity index is 1.62. The van der Waals surface area contributed by atoms with E-state index in [0.29, 0.717) is 19.3 Å². The van der Waals surface area contributed by atoms with Crippen LogP contribution in [0, 0.1) is 11.8 Å². The van der Waals surface area contributed by atoms with Crippen LogP contribution in [-0.2, 0) is 14.3 Å². The second kappa shape index (κ2) is 11.7. The molecule has 3 N–H and O–H groups in total. The van der Waals surface area contributed by atoms with Gasteiger partial charge >= 0.3 is 12.1 Å². The first-order chi connectivity index (χ1) is 16.3. The number of hydrogen-bond acceptors (Lipinski definition) is 4. The fourth-order valence-corrected chi connectivity index (χ4v) is 4.49. The number of carbonyl (C=O) groups is 3. The number of aliphatic carboxylic acids is 1. The molecule has 1 unspecified atom stereocenters. The number of rotatable bonds is 11. The molecular formula is C27H34N2O5. The molecule has 0 saturated carbocycles. The lowest BCUT2D eigenvalue weighted by molar-refractivity contribution is -0.142. The smallest absolute Gasteiger partial charge is 0.407 e. The summed E-state index contributed by atoms with van der Waals surface area (Å²) in [5, 5.41) is 14.7. The molecule has 2 amide bonds. The van der Waals surface area contributed by atoms with Crippen molar-refractivity contribution in [3.63, 3.8) is 0 Å². The Bertz CT molecular complexity index is 974. The van der Waals surface area contributed by atoms with E-state index in [-0.39, 0.29) is 25.0 Å². The topological polar surface area (TPSA) is 105 Å². The van der Waals surface area contributed by atoms with E-state index in [0.717, 1.165) is 22.3 Å². The van der Waals surface area contributed by atoms with E-state index >= 15 is 0 Å². The Hall–Kier alpha value is -3.35. The first-order valence-electron chi connectivity index (χ1n) is 11.9. The molecule has 2 aromatic rings. The molecule has 0 radical (unpaired) electrons. The molecule has 182 valence electrons. The number of benzene rings is 2. The number of alkyl carbamates (subject to hydrolysis) is 1. The lowest BCUT2D eigenvalue weighted by Gasteiger charge is -2.22. The first kappa shape index (κ1) is 25.3. The van der Waals surface area contributed by atoms with Crippen LogP contribution in [0.3, 0.4) is 0 Å². The number of carbonyl (C=O) groups excluding carboxylic acids is 2. The molecule has 0 fully saturated rings. The van der Waals surface area contributed by atoms with Gasteiger partial charge in [-0.05, 0) is 41.0 Å². The number of nitrogens with one attached hydrogen (secondary N) is 2. The molecule has 7 heteroatoms. The van der Waals surface area contributed by atoms with Gasteiger partial charge in [-0.25, -0.2) is 4.79 Å². The summed E-state index contributed by atoms with van der Waals surface area (Å²) in [6.07, 6.45) is 0.942. The Labute approximate surface area is 200 Å². The molecule has 34 heavy (non-hydrogen) atoms. The summed E-state index contributed by atoms with van der Waals surface area (Å²) in [7, 11) is 0. The van der Waals surface area contributed by atoms with E-state index in [4.69, 9.17) is 4.74 Å². The van der Waals surface area contributed by atoms with E-state index in [9.17, 15) is 19.5 Å². The van der Waals surface area contributed by atoms with Gasteiger partial charge in [0, 0.05) is 12.5 Å². The van der Waals surface area contributed by atoms with Gasteiger partial charge in [-0.15, -0.1) is 0 Å². The van der Waals surface area contributed by atoms with Crippen LogP contribution in [0.15, 0.2) is 48.5 Å². The summed E-state index contributed by atoms with van der Waals surface area (Å²) >= 11 is 0. The molecule has 0 saturated heterocycles. The standard InChI is InChI=1S/C27H34N2O5/c1-4-9-18(26(31)32)15-28-25(30)24(14-17(2)3)29-27(33)34-16-23-21-12-7-5-10-19(21)20-11-6-8-13-22(20)23/h5-8,10-13,17-18,23-24H,4,9,14-16H2,1-3H3,(H,28,30)(H,29,33)(H,31,32)/t18?,24-/m1/s1. The van der Waals surface area contributed by atoms with Crippen molar-refractivity contribution in [2.75, 3.05) is 13.2 Å². The Morgan fingerprint density at radius 2 is 1.59 bits per heavy atom. The van der Waals surface area contributed by atoms with E-state index < -0.39 is 29.9 Å². The van der Waals surface area contributed by atoms with Crippen molar-refractivity contribution in [1.82, 2.24) is 10.6 Å². The Morgan fingerprint density at radius 3 is 2.12 bits per heavy atom. The summed E-state index contributed by atoms with van der Waals surface area (Å²) in [6.45, 7) is 6.00. The van der Waals surface area contributed by atoms with Gasteiger partial charge in [-0.3, -0.25) is 9.59 Å². The minimum absolute atomic E-state index is 0.0307. The summed E-state index contributed by atoms with van der Waals surface area (Å²) in [5.74, 6) is -1.91. The van der Waals surface area contributed by atoms with E-state index in [1.807, 2.05) is 57.2 Å². The van der Waals surface area contributed by atoms with Gasteiger partial charge in [0.25, 0.3) is 0 Å². The molecule has 7 nitrogen and oxygen atoms in total. The highest BCUT2D eigenvalue weighted by Gasteiger charge is 2.30. The maximum absolute atomic E-state index is 12.8. The average molecular weight is 467 g/mol. The van der Waals surface area contributed by atoms with Gasteiger partial charge in [-0.1, -0.05) is 75.7 Å². The van der Waals surface area contributed by atoms with Crippen LogP contribution >= 0.6 is 0 Å².